The van der Waals surface area contributed by atoms with Gasteiger partial charge in [0.25, 0.3) is 0 Å². The van der Waals surface area contributed by atoms with Crippen molar-refractivity contribution in [3.8, 4) is 0 Å². The monoisotopic (exact) mass is 450 g/mol. The normalized spacial score (nSPS) is 12.4. The van der Waals surface area contributed by atoms with Gasteiger partial charge in [-0.25, -0.2) is 0 Å². The molecule has 3 rings (SSSR count). The van der Waals surface area contributed by atoms with E-state index in [1.165, 1.54) is 10.0 Å². The van der Waals surface area contributed by atoms with Crippen molar-refractivity contribution in [3.05, 3.63) is 114 Å². The van der Waals surface area contributed by atoms with E-state index < -0.39 is 0 Å². The van der Waals surface area contributed by atoms with Crippen LogP contribution in [0.3, 0.4) is 0 Å². The molecule has 0 amide bonds. The van der Waals surface area contributed by atoms with Gasteiger partial charge in [0.05, 0.1) is 0 Å². The van der Waals surface area contributed by atoms with Crippen LogP contribution in [0.4, 0.5) is 0 Å². The van der Waals surface area contributed by atoms with E-state index in [2.05, 4.69) is 66.7 Å². The molecular weight excluding hydrogens is 423 g/mol. The van der Waals surface area contributed by atoms with Crippen molar-refractivity contribution >= 4 is 25.4 Å². The molecule has 29 heavy (non-hydrogen) atoms. The summed E-state index contributed by atoms with van der Waals surface area (Å²) in [5, 5.41) is 0. The Morgan fingerprint density at radius 2 is 1.41 bits per heavy atom. The van der Waals surface area contributed by atoms with Gasteiger partial charge in [-0.05, 0) is 0 Å². The van der Waals surface area contributed by atoms with Gasteiger partial charge in [0.15, 0.2) is 0 Å². The Kier molecular flexibility index (Phi) is 8.30. The molecule has 0 aromatic heterocycles. The van der Waals surface area contributed by atoms with Crippen molar-refractivity contribution in [1.82, 2.24) is 0 Å². The predicted octanol–water partition coefficient (Wildman–Crippen LogP) is 4.78. The van der Waals surface area contributed by atoms with Crippen LogP contribution in [0.1, 0.15) is 18.1 Å². The Balaban J connectivity index is 1.89. The molecule has 0 aliphatic heterocycles. The molecule has 3 aromatic rings. The number of carbonyl (C=O) groups is 1. The first-order valence-electron chi connectivity index (χ1n) is 9.92. The van der Waals surface area contributed by atoms with E-state index in [-0.39, 0.29) is 25.7 Å². The van der Waals surface area contributed by atoms with Gasteiger partial charge < -0.3 is 0 Å². The Morgan fingerprint density at radius 3 is 2.00 bits per heavy atom. The van der Waals surface area contributed by atoms with Crippen molar-refractivity contribution in [2.24, 2.45) is 0 Å². The molecule has 148 valence electrons. The Labute approximate surface area is 179 Å². The van der Waals surface area contributed by atoms with Crippen LogP contribution in [-0.4, -0.2) is 27.5 Å². The summed E-state index contributed by atoms with van der Waals surface area (Å²) in [5.74, 6) is -0.210. The van der Waals surface area contributed by atoms with Gasteiger partial charge in [-0.2, -0.15) is 0 Å². The number of hydrogen-bond acceptors (Lipinski definition) is 2. The second-order valence-corrected chi connectivity index (χ2v) is 9.49. The van der Waals surface area contributed by atoms with Crippen molar-refractivity contribution in [1.29, 1.82) is 0 Å². The number of rotatable bonds is 9. The first-order chi connectivity index (χ1) is 14.2. The summed E-state index contributed by atoms with van der Waals surface area (Å²) < 4.78 is 6.71. The maximum atomic E-state index is 12.7. The number of allylic oxidation sites excluding steroid dienone is 1. The summed E-state index contributed by atoms with van der Waals surface area (Å²) in [6.07, 6.45) is 3.66. The Bertz CT molecular complexity index is 864. The van der Waals surface area contributed by atoms with E-state index in [1.54, 1.807) is 0 Å². The van der Waals surface area contributed by atoms with E-state index in [4.69, 9.17) is 4.74 Å². The molecule has 1 atom stereocenters. The molecule has 0 saturated heterocycles. The summed E-state index contributed by atoms with van der Waals surface area (Å²) in [5.41, 5.74) is 3.16. The molecule has 0 unspecified atom stereocenters. The third-order valence-corrected chi connectivity index (χ3v) is 6.88. The molecule has 0 aliphatic carbocycles. The molecule has 0 fully saturated rings. The Morgan fingerprint density at radius 1 is 0.862 bits per heavy atom. The Hall–Kier alpha value is -2.61. The average molecular weight is 449 g/mol. The van der Waals surface area contributed by atoms with Crippen molar-refractivity contribution < 1.29 is 9.53 Å². The van der Waals surface area contributed by atoms with E-state index in [0.29, 0.717) is 13.0 Å². The molecule has 0 aliphatic rings. The fourth-order valence-electron chi connectivity index (χ4n) is 3.12. The summed E-state index contributed by atoms with van der Waals surface area (Å²) >= 11 is 0.214. The summed E-state index contributed by atoms with van der Waals surface area (Å²) in [6, 6.07) is 31.2. The third-order valence-electron chi connectivity index (χ3n) is 4.47. The summed E-state index contributed by atoms with van der Waals surface area (Å²) in [4.78, 5) is 13.0. The van der Waals surface area contributed by atoms with Crippen molar-refractivity contribution in [3.63, 3.8) is 0 Å². The number of hydrogen-bond donors (Lipinski definition) is 0. The van der Waals surface area contributed by atoms with Crippen LogP contribution in [0.5, 0.6) is 0 Å². The zero-order valence-electron chi connectivity index (χ0n) is 16.7. The first kappa shape index (κ1) is 21.1. The molecule has 3 heteroatoms. The van der Waals surface area contributed by atoms with Crippen LogP contribution in [0.25, 0.3) is 0 Å². The van der Waals surface area contributed by atoms with E-state index >= 15 is 0 Å². The van der Waals surface area contributed by atoms with Gasteiger partial charge in [0, 0.05) is 0 Å². The second-order valence-electron chi connectivity index (χ2n) is 6.73. The van der Waals surface area contributed by atoms with Crippen LogP contribution in [0.2, 0.25) is 4.82 Å². The van der Waals surface area contributed by atoms with Crippen LogP contribution in [0, 0.1) is 0 Å². The minimum atomic E-state index is -0.210. The molecule has 0 saturated carbocycles. The molecular formula is C26H26O2Se. The quantitative estimate of drug-likeness (QED) is 0.267. The van der Waals surface area contributed by atoms with Crippen LogP contribution in [-0.2, 0) is 22.4 Å². The predicted molar refractivity (Wildman–Crippen MR) is 121 cm³/mol. The molecule has 3 aromatic carbocycles. The van der Waals surface area contributed by atoms with E-state index in [1.807, 2.05) is 37.3 Å². The fourth-order valence-corrected chi connectivity index (χ4v) is 5.58. The zero-order chi connectivity index (χ0) is 20.3. The van der Waals surface area contributed by atoms with Gasteiger partial charge >= 0.3 is 180 Å². The standard InChI is InChI=1S/C26H26O2Se/c1-2-28-26(27)23(18-21-12-6-3-7-13-21)20-25(19-22-14-8-4-9-15-22)29-24-16-10-5-11-17-24/h3-17,20,25H,2,18-19H2,1H3/b23-20-/t25-/m0/s1. The summed E-state index contributed by atoms with van der Waals surface area (Å²) in [7, 11) is 0. The van der Waals surface area contributed by atoms with Crippen LogP contribution >= 0.6 is 0 Å². The van der Waals surface area contributed by atoms with Crippen molar-refractivity contribution in [2.45, 2.75) is 24.6 Å². The molecule has 0 radical (unpaired) electrons. The second kappa shape index (κ2) is 11.4. The fraction of sp³-hybridized carbons (Fsp3) is 0.192. The maximum absolute atomic E-state index is 12.7. The van der Waals surface area contributed by atoms with Crippen molar-refractivity contribution in [2.75, 3.05) is 6.61 Å². The number of esters is 1. The van der Waals surface area contributed by atoms with Crippen LogP contribution in [0.15, 0.2) is 103 Å². The van der Waals surface area contributed by atoms with Gasteiger partial charge in [-0.1, -0.05) is 0 Å². The first-order valence-corrected chi connectivity index (χ1v) is 11.8. The SMILES string of the molecule is CCOC(=O)/C(=C\[C@H](Cc1ccccc1)[Se]c1ccccc1)Cc1ccccc1. The third kappa shape index (κ3) is 7.05. The molecule has 0 bridgehead atoms. The van der Waals surface area contributed by atoms with Gasteiger partial charge in [0.2, 0.25) is 0 Å². The molecule has 0 heterocycles. The van der Waals surface area contributed by atoms with Gasteiger partial charge in [-0.3, -0.25) is 0 Å². The summed E-state index contributed by atoms with van der Waals surface area (Å²) in [6.45, 7) is 2.24. The average Bonchev–Trinajstić information content (AvgIpc) is 2.75. The minimum absolute atomic E-state index is 0.210. The number of carbonyl (C=O) groups excluding carboxylic acids is 1. The van der Waals surface area contributed by atoms with Gasteiger partial charge in [-0.15, -0.1) is 0 Å². The van der Waals surface area contributed by atoms with Gasteiger partial charge in [0.1, 0.15) is 0 Å². The topological polar surface area (TPSA) is 26.3 Å². The zero-order valence-corrected chi connectivity index (χ0v) is 18.4. The van der Waals surface area contributed by atoms with E-state index in [9.17, 15) is 4.79 Å². The number of ether oxygens (including phenoxy) is 1. The number of benzene rings is 3. The van der Waals surface area contributed by atoms with E-state index in [0.717, 1.165) is 17.6 Å². The molecule has 0 spiro atoms. The molecule has 2 nitrogen and oxygen atoms in total. The van der Waals surface area contributed by atoms with Crippen LogP contribution < -0.4 is 4.46 Å². The molecule has 0 N–H and O–H groups in total.